The van der Waals surface area contributed by atoms with Crippen molar-refractivity contribution in [2.24, 2.45) is 0 Å². The van der Waals surface area contributed by atoms with E-state index in [9.17, 15) is 24.3 Å². The number of hydrogen-bond acceptors (Lipinski definition) is 9. The van der Waals surface area contributed by atoms with E-state index in [2.05, 4.69) is 29.2 Å². The molecule has 9 nitrogen and oxygen atoms in total. The fraction of sp³-hybridized carbons (Fsp3) is 0.235. The highest BCUT2D eigenvalue weighted by molar-refractivity contribution is 8.23. The van der Waals surface area contributed by atoms with Crippen molar-refractivity contribution in [2.45, 2.75) is 51.1 Å². The summed E-state index contributed by atoms with van der Waals surface area (Å²) in [5.41, 5.74) is 5.59. The van der Waals surface area contributed by atoms with Gasteiger partial charge in [-0.05, 0) is 77.2 Å². The number of ether oxygens (including phenoxy) is 1. The zero-order valence-electron chi connectivity index (χ0n) is 24.1. The molecule has 1 saturated carbocycles. The molecule has 3 aromatic carbocycles. The molecule has 2 amide bonds. The van der Waals surface area contributed by atoms with Crippen molar-refractivity contribution < 1.29 is 24.2 Å². The third-order valence-electron chi connectivity index (χ3n) is 8.62. The van der Waals surface area contributed by atoms with E-state index >= 15 is 0 Å². The summed E-state index contributed by atoms with van der Waals surface area (Å²) in [5.74, 6) is -0.120. The predicted octanol–water partition coefficient (Wildman–Crippen LogP) is 4.15. The van der Waals surface area contributed by atoms with Gasteiger partial charge in [-0.2, -0.15) is 0 Å². The van der Waals surface area contributed by atoms with E-state index in [0.717, 1.165) is 75.3 Å². The van der Waals surface area contributed by atoms with E-state index in [0.29, 0.717) is 16.5 Å². The molecule has 0 spiro atoms. The average molecular weight is 640 g/mol. The number of carbonyl (C=O) groups excluding carboxylic acids is 3. The van der Waals surface area contributed by atoms with Gasteiger partial charge in [-0.1, -0.05) is 55.0 Å². The van der Waals surface area contributed by atoms with Crippen LogP contribution in [-0.4, -0.2) is 38.2 Å². The third kappa shape index (κ3) is 5.30. The van der Waals surface area contributed by atoms with Gasteiger partial charge in [0.05, 0.1) is 17.7 Å². The van der Waals surface area contributed by atoms with Crippen molar-refractivity contribution in [2.75, 3.05) is 4.90 Å². The Morgan fingerprint density at radius 2 is 1.76 bits per heavy atom. The second-order valence-electron chi connectivity index (χ2n) is 11.2. The Morgan fingerprint density at radius 3 is 2.51 bits per heavy atom. The number of aliphatic hydroxyl groups excluding tert-OH is 1. The molecule has 1 N–H and O–H groups in total. The first-order valence-electron chi connectivity index (χ1n) is 14.7. The van der Waals surface area contributed by atoms with Crippen LogP contribution in [0, 0.1) is 0 Å². The Labute approximate surface area is 266 Å². The number of imide groups is 1. The molecule has 2 unspecified atom stereocenters. The van der Waals surface area contributed by atoms with E-state index in [4.69, 9.17) is 4.74 Å². The molecule has 7 rings (SSSR count). The van der Waals surface area contributed by atoms with E-state index < -0.39 is 16.7 Å². The van der Waals surface area contributed by atoms with Gasteiger partial charge in [-0.3, -0.25) is 28.6 Å². The molecule has 1 saturated heterocycles. The molecule has 2 fully saturated rings. The lowest BCUT2D eigenvalue weighted by Gasteiger charge is -2.27. The van der Waals surface area contributed by atoms with Gasteiger partial charge in [0.25, 0.3) is 23.2 Å². The number of hydrogen-bond donors (Lipinski definition) is 1. The van der Waals surface area contributed by atoms with E-state index in [-0.39, 0.29) is 35.9 Å². The minimum Gasteiger partial charge on any atom is -0.446 e. The number of fused-ring (bicyclic) bond motifs is 3. The second kappa shape index (κ2) is 12.2. The number of aromatic nitrogens is 1. The van der Waals surface area contributed by atoms with Gasteiger partial charge in [0, 0.05) is 23.3 Å². The summed E-state index contributed by atoms with van der Waals surface area (Å²) in [7, 11) is 0. The first-order valence-corrected chi connectivity index (χ1v) is 16.3. The van der Waals surface area contributed by atoms with Crippen LogP contribution >= 0.6 is 23.1 Å². The number of thiazole rings is 1. The van der Waals surface area contributed by atoms with E-state index in [1.807, 2.05) is 48.5 Å². The lowest BCUT2D eigenvalue weighted by Crippen LogP contribution is -2.34. The summed E-state index contributed by atoms with van der Waals surface area (Å²) in [5, 5.41) is 9.07. The molecule has 0 bridgehead atoms. The minimum atomic E-state index is -0.488. The number of rotatable bonds is 8. The molecule has 228 valence electrons. The maximum Gasteiger partial charge on any atom is 0.294 e. The summed E-state index contributed by atoms with van der Waals surface area (Å²) in [6, 6.07) is 23.8. The topological polar surface area (TPSA) is 109 Å². The van der Waals surface area contributed by atoms with Crippen molar-refractivity contribution in [3.63, 3.8) is 0 Å². The third-order valence-corrected chi connectivity index (χ3v) is 10.8. The Morgan fingerprint density at radius 1 is 0.956 bits per heavy atom. The van der Waals surface area contributed by atoms with Crippen LogP contribution in [0.25, 0.3) is 11.0 Å². The SMILES string of the molecule is O=COCn1c(=O)/c(=C\c2ccc3c(c2)C2CCCC2N3c2ccc(CO)cc2)s/c1=C1/SC(=O)N(Cc2ccccc2)C1=O. The molecule has 1 aromatic heterocycles. The fourth-order valence-electron chi connectivity index (χ4n) is 6.55. The Balaban J connectivity index is 1.28. The van der Waals surface area contributed by atoms with Crippen molar-refractivity contribution in [3.05, 3.63) is 115 Å². The van der Waals surface area contributed by atoms with Gasteiger partial charge in [0.2, 0.25) is 0 Å². The summed E-state index contributed by atoms with van der Waals surface area (Å²) in [6.45, 7) is 0.00240. The van der Waals surface area contributed by atoms with Gasteiger partial charge in [0.15, 0.2) is 6.73 Å². The summed E-state index contributed by atoms with van der Waals surface area (Å²) < 4.78 is 6.83. The van der Waals surface area contributed by atoms with Crippen molar-refractivity contribution >= 4 is 63.1 Å². The van der Waals surface area contributed by atoms with Crippen LogP contribution < -0.4 is 19.7 Å². The van der Waals surface area contributed by atoms with Crippen LogP contribution in [-0.2, 0) is 34.2 Å². The van der Waals surface area contributed by atoms with Crippen LogP contribution in [0.15, 0.2) is 77.6 Å². The highest BCUT2D eigenvalue weighted by atomic mass is 32.2. The number of nitrogens with zero attached hydrogens (tertiary/aromatic N) is 3. The standard InChI is InChI=1S/C34H29N3O6S2/c38-18-22-9-12-24(13-10-22)37-27-8-4-7-25(27)26-15-23(11-14-28(26)37)16-29-31(40)36(19-43-20-39)33(44-29)30-32(41)35(34(42)45-30)17-21-5-2-1-3-6-21/h1-3,5-6,9-16,20,25,27,38H,4,7-8,17-19H2/b29-16+,33-30+. The first kappa shape index (κ1) is 29.3. The predicted molar refractivity (Wildman–Crippen MR) is 173 cm³/mol. The molecular formula is C34H29N3O6S2. The largest absolute Gasteiger partial charge is 0.446 e. The van der Waals surface area contributed by atoms with Gasteiger partial charge in [0.1, 0.15) is 9.57 Å². The van der Waals surface area contributed by atoms with Crippen molar-refractivity contribution in [1.29, 1.82) is 0 Å². The van der Waals surface area contributed by atoms with E-state index in [1.54, 1.807) is 6.08 Å². The maximum absolute atomic E-state index is 13.6. The average Bonchev–Trinajstić information content (AvgIpc) is 3.80. The zero-order chi connectivity index (χ0) is 31.1. The van der Waals surface area contributed by atoms with Gasteiger partial charge in [-0.25, -0.2) is 0 Å². The Hall–Kier alpha value is -4.45. The molecule has 11 heteroatoms. The van der Waals surface area contributed by atoms with Gasteiger partial charge < -0.3 is 14.7 Å². The Kier molecular flexibility index (Phi) is 7.90. The normalized spacial score (nSPS) is 20.6. The first-order chi connectivity index (χ1) is 22.0. The molecule has 4 aromatic rings. The number of aliphatic hydroxyl groups is 1. The number of thioether (sulfide) groups is 1. The molecule has 2 atom stereocenters. The lowest BCUT2D eigenvalue weighted by molar-refractivity contribution is -0.132. The number of carbonyl (C=O) groups is 3. The van der Waals surface area contributed by atoms with Gasteiger partial charge >= 0.3 is 0 Å². The van der Waals surface area contributed by atoms with Crippen molar-refractivity contribution in [1.82, 2.24) is 9.47 Å². The maximum atomic E-state index is 13.6. The molecule has 3 heterocycles. The number of amides is 2. The molecule has 0 radical (unpaired) electrons. The number of benzene rings is 3. The molecule has 45 heavy (non-hydrogen) atoms. The Bertz CT molecular complexity index is 1990. The van der Waals surface area contributed by atoms with Crippen LogP contribution in [0.3, 0.4) is 0 Å². The molecular weight excluding hydrogens is 611 g/mol. The fourth-order valence-corrected chi connectivity index (χ4v) is 8.66. The summed E-state index contributed by atoms with van der Waals surface area (Å²) >= 11 is 1.89. The highest BCUT2D eigenvalue weighted by Crippen LogP contribution is 2.52. The highest BCUT2D eigenvalue weighted by Gasteiger charge is 2.42. The van der Waals surface area contributed by atoms with Crippen molar-refractivity contribution in [3.8, 4) is 0 Å². The van der Waals surface area contributed by atoms with Crippen LogP contribution in [0.4, 0.5) is 16.2 Å². The molecule has 1 aliphatic carbocycles. The van der Waals surface area contributed by atoms with Gasteiger partial charge in [-0.15, -0.1) is 11.3 Å². The molecule has 2 aliphatic heterocycles. The summed E-state index contributed by atoms with van der Waals surface area (Å²) in [6.07, 6.45) is 5.09. The smallest absolute Gasteiger partial charge is 0.294 e. The van der Waals surface area contributed by atoms with Crippen LogP contribution in [0.5, 0.6) is 0 Å². The zero-order valence-corrected chi connectivity index (χ0v) is 25.8. The lowest BCUT2D eigenvalue weighted by atomic mass is 9.96. The number of anilines is 2. The summed E-state index contributed by atoms with van der Waals surface area (Å²) in [4.78, 5) is 54.7. The quantitative estimate of drug-likeness (QED) is 0.287. The monoisotopic (exact) mass is 639 g/mol. The van der Waals surface area contributed by atoms with Crippen LogP contribution in [0.1, 0.15) is 47.4 Å². The van der Waals surface area contributed by atoms with Crippen LogP contribution in [0.2, 0.25) is 0 Å². The molecule has 3 aliphatic rings. The minimum absolute atomic E-state index is 0.00384. The van der Waals surface area contributed by atoms with E-state index in [1.165, 1.54) is 10.1 Å². The second-order valence-corrected chi connectivity index (χ2v) is 13.2.